The molecule has 1 amide bonds. The van der Waals surface area contributed by atoms with Gasteiger partial charge in [0.2, 0.25) is 5.91 Å². The van der Waals surface area contributed by atoms with Crippen LogP contribution in [0.15, 0.2) is 22.8 Å². The lowest BCUT2D eigenvalue weighted by Gasteiger charge is -2.25. The van der Waals surface area contributed by atoms with Crippen molar-refractivity contribution in [3.05, 3.63) is 24.2 Å². The van der Waals surface area contributed by atoms with E-state index in [9.17, 15) is 9.59 Å². The molecule has 0 aliphatic heterocycles. The summed E-state index contributed by atoms with van der Waals surface area (Å²) in [6.07, 6.45) is 1.53. The largest absolute Gasteiger partial charge is 0.481 e. The zero-order valence-electron chi connectivity index (χ0n) is 11.0. The Morgan fingerprint density at radius 2 is 2.11 bits per heavy atom. The number of hydrogen-bond donors (Lipinski definition) is 1. The molecule has 0 bridgehead atoms. The third-order valence-electron chi connectivity index (χ3n) is 2.83. The number of carboxylic acid groups (broad SMARTS) is 1. The lowest BCUT2D eigenvalue weighted by Crippen LogP contribution is -2.36. The van der Waals surface area contributed by atoms with E-state index in [1.165, 1.54) is 0 Å². The second-order valence-corrected chi connectivity index (χ2v) is 4.85. The number of aliphatic carboxylic acids is 1. The van der Waals surface area contributed by atoms with E-state index >= 15 is 0 Å². The molecule has 1 heterocycles. The van der Waals surface area contributed by atoms with Gasteiger partial charge in [-0.15, -0.1) is 0 Å². The predicted octanol–water partition coefficient (Wildman–Crippen LogP) is 2.13. The summed E-state index contributed by atoms with van der Waals surface area (Å²) in [4.78, 5) is 24.6. The van der Waals surface area contributed by atoms with Gasteiger partial charge >= 0.3 is 5.97 Å². The molecular weight excluding hydrogens is 234 g/mol. The molecule has 18 heavy (non-hydrogen) atoms. The summed E-state index contributed by atoms with van der Waals surface area (Å²) in [6, 6.07) is 3.55. The number of carbonyl (C=O) groups excluding carboxylic acids is 1. The topological polar surface area (TPSA) is 70.8 Å². The molecule has 0 fully saturated rings. The van der Waals surface area contributed by atoms with E-state index in [0.717, 1.165) is 0 Å². The number of amides is 1. The van der Waals surface area contributed by atoms with Crippen LogP contribution in [-0.4, -0.2) is 28.4 Å². The van der Waals surface area contributed by atoms with Gasteiger partial charge in [0.05, 0.1) is 18.2 Å². The highest BCUT2D eigenvalue weighted by molar-refractivity contribution is 5.84. The summed E-state index contributed by atoms with van der Waals surface area (Å²) in [7, 11) is 0. The molecule has 100 valence electrons. The van der Waals surface area contributed by atoms with Crippen LogP contribution in [0.3, 0.4) is 0 Å². The van der Waals surface area contributed by atoms with Crippen molar-refractivity contribution in [1.29, 1.82) is 0 Å². The average molecular weight is 253 g/mol. The van der Waals surface area contributed by atoms with Gasteiger partial charge in [0.1, 0.15) is 5.76 Å². The van der Waals surface area contributed by atoms with Crippen molar-refractivity contribution in [3.63, 3.8) is 0 Å². The molecule has 0 spiro atoms. The fourth-order valence-corrected chi connectivity index (χ4v) is 1.53. The Bertz CT molecular complexity index is 409. The SMILES string of the molecule is CCN(Cc1ccco1)C(=O)CC(C)(C)C(=O)O. The molecule has 0 atom stereocenters. The van der Waals surface area contributed by atoms with Crippen LogP contribution < -0.4 is 0 Å². The van der Waals surface area contributed by atoms with Gasteiger partial charge in [0.15, 0.2) is 0 Å². The molecule has 0 aliphatic rings. The molecule has 0 aliphatic carbocycles. The standard InChI is InChI=1S/C13H19NO4/c1-4-14(9-10-6-5-7-18-10)11(15)8-13(2,3)12(16)17/h5-7H,4,8-9H2,1-3H3,(H,16,17). The maximum absolute atomic E-state index is 12.0. The van der Waals surface area contributed by atoms with E-state index in [-0.39, 0.29) is 12.3 Å². The first kappa shape index (κ1) is 14.3. The van der Waals surface area contributed by atoms with Crippen LogP contribution in [0.25, 0.3) is 0 Å². The first-order valence-electron chi connectivity index (χ1n) is 5.90. The normalized spacial score (nSPS) is 11.3. The molecule has 0 radical (unpaired) electrons. The van der Waals surface area contributed by atoms with E-state index in [1.807, 2.05) is 6.92 Å². The number of hydrogen-bond acceptors (Lipinski definition) is 3. The van der Waals surface area contributed by atoms with Crippen LogP contribution >= 0.6 is 0 Å². The van der Waals surface area contributed by atoms with E-state index < -0.39 is 11.4 Å². The van der Waals surface area contributed by atoms with Crippen molar-refractivity contribution in [2.45, 2.75) is 33.7 Å². The Labute approximate surface area is 106 Å². The van der Waals surface area contributed by atoms with Gasteiger partial charge in [0.25, 0.3) is 0 Å². The van der Waals surface area contributed by atoms with Crippen molar-refractivity contribution in [2.24, 2.45) is 5.41 Å². The zero-order valence-corrected chi connectivity index (χ0v) is 11.0. The Morgan fingerprint density at radius 3 is 2.56 bits per heavy atom. The van der Waals surface area contributed by atoms with Crippen molar-refractivity contribution in [1.82, 2.24) is 4.90 Å². The summed E-state index contributed by atoms with van der Waals surface area (Å²) >= 11 is 0. The maximum Gasteiger partial charge on any atom is 0.309 e. The van der Waals surface area contributed by atoms with Crippen molar-refractivity contribution >= 4 is 11.9 Å². The summed E-state index contributed by atoms with van der Waals surface area (Å²) in [5, 5.41) is 9.01. The quantitative estimate of drug-likeness (QED) is 0.843. The molecule has 1 rings (SSSR count). The first-order chi connectivity index (χ1) is 8.36. The van der Waals surface area contributed by atoms with E-state index in [2.05, 4.69) is 0 Å². The van der Waals surface area contributed by atoms with Crippen LogP contribution in [0.1, 0.15) is 33.0 Å². The van der Waals surface area contributed by atoms with Gasteiger partial charge in [-0.3, -0.25) is 9.59 Å². The van der Waals surface area contributed by atoms with Crippen LogP contribution in [-0.2, 0) is 16.1 Å². The fourth-order valence-electron chi connectivity index (χ4n) is 1.53. The van der Waals surface area contributed by atoms with Crippen molar-refractivity contribution in [3.8, 4) is 0 Å². The predicted molar refractivity (Wildman–Crippen MR) is 65.8 cm³/mol. The minimum Gasteiger partial charge on any atom is -0.481 e. The van der Waals surface area contributed by atoms with Gasteiger partial charge in [-0.05, 0) is 32.9 Å². The number of rotatable bonds is 6. The Kier molecular flexibility index (Phi) is 4.53. The smallest absolute Gasteiger partial charge is 0.309 e. The van der Waals surface area contributed by atoms with Crippen LogP contribution in [0.2, 0.25) is 0 Å². The van der Waals surface area contributed by atoms with E-state index in [0.29, 0.717) is 18.8 Å². The van der Waals surface area contributed by atoms with Crippen LogP contribution in [0, 0.1) is 5.41 Å². The molecule has 5 nitrogen and oxygen atoms in total. The Hall–Kier alpha value is -1.78. The van der Waals surface area contributed by atoms with Gasteiger partial charge in [-0.25, -0.2) is 0 Å². The van der Waals surface area contributed by atoms with Gasteiger partial charge in [-0.2, -0.15) is 0 Å². The molecule has 0 saturated carbocycles. The average Bonchev–Trinajstić information content (AvgIpc) is 2.77. The van der Waals surface area contributed by atoms with Crippen molar-refractivity contribution in [2.75, 3.05) is 6.54 Å². The highest BCUT2D eigenvalue weighted by atomic mass is 16.4. The molecule has 5 heteroatoms. The molecule has 1 aromatic rings. The summed E-state index contributed by atoms with van der Waals surface area (Å²) < 4.78 is 5.18. The Morgan fingerprint density at radius 1 is 1.44 bits per heavy atom. The summed E-state index contributed by atoms with van der Waals surface area (Å²) in [5.41, 5.74) is -1.05. The zero-order chi connectivity index (χ0) is 13.8. The van der Waals surface area contributed by atoms with Crippen molar-refractivity contribution < 1.29 is 19.1 Å². The minimum absolute atomic E-state index is 0.0170. The molecule has 0 aromatic carbocycles. The van der Waals surface area contributed by atoms with Gasteiger partial charge in [0, 0.05) is 13.0 Å². The third kappa shape index (κ3) is 3.61. The third-order valence-corrected chi connectivity index (χ3v) is 2.83. The Balaban J connectivity index is 2.66. The van der Waals surface area contributed by atoms with Gasteiger partial charge in [-0.1, -0.05) is 0 Å². The molecule has 1 aromatic heterocycles. The molecular formula is C13H19NO4. The minimum atomic E-state index is -1.05. The summed E-state index contributed by atoms with van der Waals surface area (Å²) in [5.74, 6) is -0.454. The number of carboxylic acids is 1. The van der Waals surface area contributed by atoms with Crippen LogP contribution in [0.5, 0.6) is 0 Å². The number of nitrogens with zero attached hydrogens (tertiary/aromatic N) is 1. The first-order valence-corrected chi connectivity index (χ1v) is 5.90. The second kappa shape index (κ2) is 5.71. The molecule has 1 N–H and O–H groups in total. The number of carbonyl (C=O) groups is 2. The van der Waals surface area contributed by atoms with E-state index in [1.54, 1.807) is 37.1 Å². The highest BCUT2D eigenvalue weighted by Gasteiger charge is 2.31. The van der Waals surface area contributed by atoms with Crippen LogP contribution in [0.4, 0.5) is 0 Å². The molecule has 0 saturated heterocycles. The lowest BCUT2D eigenvalue weighted by molar-refractivity contribution is -0.151. The fraction of sp³-hybridized carbons (Fsp3) is 0.538. The lowest BCUT2D eigenvalue weighted by atomic mass is 9.89. The van der Waals surface area contributed by atoms with E-state index in [4.69, 9.17) is 9.52 Å². The highest BCUT2D eigenvalue weighted by Crippen LogP contribution is 2.22. The second-order valence-electron chi connectivity index (χ2n) is 4.85. The summed E-state index contributed by atoms with van der Waals surface area (Å²) in [6.45, 7) is 5.85. The molecule has 0 unspecified atom stereocenters. The monoisotopic (exact) mass is 253 g/mol. The van der Waals surface area contributed by atoms with Gasteiger partial charge < -0.3 is 14.4 Å². The maximum atomic E-state index is 12.0. The number of furan rings is 1.